The Kier molecular flexibility index (Phi) is 5.94. The van der Waals surface area contributed by atoms with Crippen molar-refractivity contribution in [2.75, 3.05) is 29.5 Å². The van der Waals surface area contributed by atoms with Crippen molar-refractivity contribution in [1.82, 2.24) is 10.3 Å². The first-order chi connectivity index (χ1) is 12.8. The van der Waals surface area contributed by atoms with Crippen molar-refractivity contribution in [1.29, 1.82) is 0 Å². The Balaban J connectivity index is 1.60. The van der Waals surface area contributed by atoms with Crippen LogP contribution >= 0.6 is 11.8 Å². The number of aromatic nitrogens is 1. The third-order valence-corrected chi connectivity index (χ3v) is 5.33. The van der Waals surface area contributed by atoms with Crippen molar-refractivity contribution in [2.24, 2.45) is 0 Å². The fourth-order valence-electron chi connectivity index (χ4n) is 2.88. The van der Waals surface area contributed by atoms with Gasteiger partial charge in [0.15, 0.2) is 0 Å². The number of anilines is 1. The third kappa shape index (κ3) is 4.94. The minimum atomic E-state index is -4.52. The van der Waals surface area contributed by atoms with Crippen LogP contribution in [0.25, 0.3) is 0 Å². The van der Waals surface area contributed by atoms with E-state index >= 15 is 0 Å². The number of nitrogens with zero attached hydrogens (tertiary/aromatic N) is 2. The van der Waals surface area contributed by atoms with E-state index in [1.54, 1.807) is 0 Å². The van der Waals surface area contributed by atoms with Crippen LogP contribution in [0.5, 0.6) is 0 Å². The van der Waals surface area contributed by atoms with Crippen LogP contribution in [0.2, 0.25) is 0 Å². The predicted octanol–water partition coefficient (Wildman–Crippen LogP) is 3.89. The zero-order valence-corrected chi connectivity index (χ0v) is 15.7. The average Bonchev–Trinajstić information content (AvgIpc) is 2.66. The van der Waals surface area contributed by atoms with Crippen LogP contribution in [0.3, 0.4) is 0 Å². The summed E-state index contributed by atoms with van der Waals surface area (Å²) in [6, 6.07) is 9.96. The summed E-state index contributed by atoms with van der Waals surface area (Å²) in [5, 5.41) is 2.74. The number of amides is 1. The lowest BCUT2D eigenvalue weighted by molar-refractivity contribution is -0.141. The number of rotatable bonds is 4. The second kappa shape index (κ2) is 8.21. The highest BCUT2D eigenvalue weighted by Gasteiger charge is 2.33. The molecule has 1 N–H and O–H groups in total. The normalized spacial score (nSPS) is 14.9. The summed E-state index contributed by atoms with van der Waals surface area (Å²) < 4.78 is 38.0. The van der Waals surface area contributed by atoms with E-state index in [4.69, 9.17) is 0 Å². The van der Waals surface area contributed by atoms with Gasteiger partial charge in [0, 0.05) is 36.8 Å². The van der Waals surface area contributed by atoms with Crippen molar-refractivity contribution < 1.29 is 18.0 Å². The van der Waals surface area contributed by atoms with Gasteiger partial charge < -0.3 is 10.2 Å². The van der Waals surface area contributed by atoms with Crippen molar-refractivity contribution in [3.8, 4) is 0 Å². The molecule has 1 aromatic heterocycles. The Labute approximate surface area is 160 Å². The van der Waals surface area contributed by atoms with Gasteiger partial charge in [0.1, 0.15) is 5.69 Å². The van der Waals surface area contributed by atoms with E-state index in [1.165, 1.54) is 6.92 Å². The van der Waals surface area contributed by atoms with E-state index in [2.05, 4.69) is 15.2 Å². The summed E-state index contributed by atoms with van der Waals surface area (Å²) in [6.07, 6.45) is -4.52. The molecule has 1 aliphatic heterocycles. The molecule has 0 spiro atoms. The lowest BCUT2D eigenvalue weighted by Crippen LogP contribution is -2.32. The first-order valence-electron chi connectivity index (χ1n) is 8.59. The fourth-order valence-corrected chi connectivity index (χ4v) is 3.79. The molecule has 0 saturated carbocycles. The van der Waals surface area contributed by atoms with Crippen molar-refractivity contribution in [3.63, 3.8) is 0 Å². The Morgan fingerprint density at radius 2 is 1.81 bits per heavy atom. The van der Waals surface area contributed by atoms with Crippen LogP contribution in [0, 0.1) is 6.92 Å². The zero-order chi connectivity index (χ0) is 19.4. The number of carbonyl (C=O) groups excluding carboxylic acids is 1. The Morgan fingerprint density at radius 1 is 1.15 bits per heavy atom. The van der Waals surface area contributed by atoms with Crippen LogP contribution in [0.4, 0.5) is 18.9 Å². The van der Waals surface area contributed by atoms with Gasteiger partial charge in [-0.05, 0) is 36.8 Å². The summed E-state index contributed by atoms with van der Waals surface area (Å²) in [6.45, 7) is 3.76. The van der Waals surface area contributed by atoms with E-state index in [0.717, 1.165) is 48.0 Å². The SMILES string of the molecule is Cc1nc(C(F)(F)F)ccc1C(=O)NCc1ccc(N2CCSCC2)cc1. The van der Waals surface area contributed by atoms with E-state index in [-0.39, 0.29) is 11.3 Å². The highest BCUT2D eigenvalue weighted by Crippen LogP contribution is 2.28. The standard InChI is InChI=1S/C19H20F3N3OS/c1-13-16(6-7-17(24-13)19(20,21)22)18(26)23-12-14-2-4-15(5-3-14)25-8-10-27-11-9-25/h2-7H,8-12H2,1H3,(H,23,26). The molecule has 0 atom stereocenters. The fraction of sp³-hybridized carbons (Fsp3) is 0.368. The van der Waals surface area contributed by atoms with Crippen molar-refractivity contribution in [2.45, 2.75) is 19.6 Å². The highest BCUT2D eigenvalue weighted by molar-refractivity contribution is 7.99. The van der Waals surface area contributed by atoms with E-state index < -0.39 is 17.8 Å². The largest absolute Gasteiger partial charge is 0.433 e. The van der Waals surface area contributed by atoms with Gasteiger partial charge in [-0.1, -0.05) is 12.1 Å². The monoisotopic (exact) mass is 395 g/mol. The lowest BCUT2D eigenvalue weighted by atomic mass is 10.1. The highest BCUT2D eigenvalue weighted by atomic mass is 32.2. The molecular formula is C19H20F3N3OS. The number of aryl methyl sites for hydroxylation is 1. The summed E-state index contributed by atoms with van der Waals surface area (Å²) in [7, 11) is 0. The molecule has 1 amide bonds. The lowest BCUT2D eigenvalue weighted by Gasteiger charge is -2.28. The van der Waals surface area contributed by atoms with Crippen LogP contribution in [0.1, 0.15) is 27.3 Å². The van der Waals surface area contributed by atoms with E-state index in [9.17, 15) is 18.0 Å². The molecule has 4 nitrogen and oxygen atoms in total. The molecule has 144 valence electrons. The second-order valence-corrected chi connectivity index (χ2v) is 7.50. The number of carbonyl (C=O) groups is 1. The van der Waals surface area contributed by atoms with Crippen LogP contribution < -0.4 is 10.2 Å². The molecular weight excluding hydrogens is 375 g/mol. The second-order valence-electron chi connectivity index (χ2n) is 6.28. The third-order valence-electron chi connectivity index (χ3n) is 4.39. The summed E-state index contributed by atoms with van der Waals surface area (Å²) >= 11 is 1.95. The molecule has 1 aromatic carbocycles. The molecule has 1 saturated heterocycles. The maximum absolute atomic E-state index is 12.7. The first-order valence-corrected chi connectivity index (χ1v) is 9.75. The smallest absolute Gasteiger partial charge is 0.370 e. The van der Waals surface area contributed by atoms with Crippen molar-refractivity contribution >= 4 is 23.4 Å². The number of benzene rings is 1. The quantitative estimate of drug-likeness (QED) is 0.853. The maximum Gasteiger partial charge on any atom is 0.433 e. The Morgan fingerprint density at radius 3 is 2.41 bits per heavy atom. The zero-order valence-electron chi connectivity index (χ0n) is 14.8. The predicted molar refractivity (Wildman–Crippen MR) is 101 cm³/mol. The molecule has 8 heteroatoms. The van der Waals surface area contributed by atoms with Gasteiger partial charge in [0.05, 0.1) is 11.3 Å². The minimum absolute atomic E-state index is 0.0561. The number of hydrogen-bond acceptors (Lipinski definition) is 4. The minimum Gasteiger partial charge on any atom is -0.370 e. The average molecular weight is 395 g/mol. The Bertz CT molecular complexity index is 803. The number of nitrogens with one attached hydrogen (secondary N) is 1. The maximum atomic E-state index is 12.7. The van der Waals surface area contributed by atoms with Gasteiger partial charge in [-0.25, -0.2) is 4.98 Å². The number of pyridine rings is 1. The van der Waals surface area contributed by atoms with Gasteiger partial charge in [0.25, 0.3) is 5.91 Å². The molecule has 0 unspecified atom stereocenters. The van der Waals surface area contributed by atoms with E-state index in [1.807, 2.05) is 36.0 Å². The van der Waals surface area contributed by atoms with Gasteiger partial charge in [-0.2, -0.15) is 24.9 Å². The van der Waals surface area contributed by atoms with Gasteiger partial charge >= 0.3 is 6.18 Å². The molecule has 0 radical (unpaired) electrons. The summed E-state index contributed by atoms with van der Waals surface area (Å²) in [5.41, 5.74) is 1.29. The molecule has 27 heavy (non-hydrogen) atoms. The molecule has 1 fully saturated rings. The van der Waals surface area contributed by atoms with Crippen molar-refractivity contribution in [3.05, 3.63) is 58.9 Å². The molecule has 3 rings (SSSR count). The number of thioether (sulfide) groups is 1. The van der Waals surface area contributed by atoms with E-state index in [0.29, 0.717) is 6.54 Å². The molecule has 0 aliphatic carbocycles. The molecule has 2 aromatic rings. The molecule has 1 aliphatic rings. The number of halogens is 3. The molecule has 2 heterocycles. The van der Waals surface area contributed by atoms with Gasteiger partial charge in [-0.3, -0.25) is 4.79 Å². The summed E-state index contributed by atoms with van der Waals surface area (Å²) in [5.74, 6) is 1.81. The van der Waals surface area contributed by atoms with Crippen LogP contribution in [-0.4, -0.2) is 35.5 Å². The number of alkyl halides is 3. The summed E-state index contributed by atoms with van der Waals surface area (Å²) in [4.78, 5) is 18.1. The Hall–Kier alpha value is -2.22. The number of hydrogen-bond donors (Lipinski definition) is 1. The van der Waals surface area contributed by atoms with Crippen LogP contribution in [-0.2, 0) is 12.7 Å². The van der Waals surface area contributed by atoms with Gasteiger partial charge in [0.2, 0.25) is 0 Å². The topological polar surface area (TPSA) is 45.2 Å². The van der Waals surface area contributed by atoms with Crippen LogP contribution in [0.15, 0.2) is 36.4 Å². The van der Waals surface area contributed by atoms with Gasteiger partial charge in [-0.15, -0.1) is 0 Å². The molecule has 0 bridgehead atoms. The first kappa shape index (κ1) is 19.5.